The molecule has 0 saturated carbocycles. The molecule has 0 aliphatic heterocycles. The minimum atomic E-state index is -2.03. The maximum Gasteiger partial charge on any atom is 0.206 e. The Bertz CT molecular complexity index is 721. The molecule has 0 radical (unpaired) electrons. The highest BCUT2D eigenvalue weighted by Gasteiger charge is 2.55. The molecule has 0 amide bonds. The molecule has 112 valence electrons. The van der Waals surface area contributed by atoms with Crippen molar-refractivity contribution in [3.8, 4) is 0 Å². The molecule has 0 saturated heterocycles. The first-order chi connectivity index (χ1) is 10.6. The van der Waals surface area contributed by atoms with E-state index >= 15 is 0 Å². The molecule has 4 nitrogen and oxygen atoms in total. The molecule has 2 aromatic carbocycles. The number of ketones is 1. The Balaban J connectivity index is 2.16. The SMILES string of the molecule is COC1=C(c2ccccc2)C(=O)[C@](O)(c2ccccc2)[C@H]1O. The van der Waals surface area contributed by atoms with Gasteiger partial charge in [-0.1, -0.05) is 60.7 Å². The van der Waals surface area contributed by atoms with Crippen LogP contribution in [-0.4, -0.2) is 29.2 Å². The maximum atomic E-state index is 12.9. The number of carbonyl (C=O) groups is 1. The predicted octanol–water partition coefficient (Wildman–Crippen LogP) is 1.88. The number of hydrogen-bond donors (Lipinski definition) is 2. The number of aliphatic hydroxyl groups is 2. The highest BCUT2D eigenvalue weighted by Crippen LogP contribution is 2.43. The molecule has 0 heterocycles. The number of hydrogen-bond acceptors (Lipinski definition) is 4. The smallest absolute Gasteiger partial charge is 0.206 e. The number of rotatable bonds is 3. The second-order valence-corrected chi connectivity index (χ2v) is 5.17. The minimum absolute atomic E-state index is 0.0857. The highest BCUT2D eigenvalue weighted by atomic mass is 16.5. The summed E-state index contributed by atoms with van der Waals surface area (Å²) < 4.78 is 5.23. The van der Waals surface area contributed by atoms with E-state index in [4.69, 9.17) is 4.74 Å². The van der Waals surface area contributed by atoms with Crippen LogP contribution in [0.2, 0.25) is 0 Å². The molecule has 3 rings (SSSR count). The van der Waals surface area contributed by atoms with E-state index in [9.17, 15) is 15.0 Å². The molecule has 2 aromatic rings. The largest absolute Gasteiger partial charge is 0.497 e. The summed E-state index contributed by atoms with van der Waals surface area (Å²) in [4.78, 5) is 12.9. The van der Waals surface area contributed by atoms with Crippen molar-refractivity contribution in [2.24, 2.45) is 0 Å². The van der Waals surface area contributed by atoms with Gasteiger partial charge in [0, 0.05) is 0 Å². The van der Waals surface area contributed by atoms with Crippen molar-refractivity contribution in [1.82, 2.24) is 0 Å². The van der Waals surface area contributed by atoms with Gasteiger partial charge in [-0.2, -0.15) is 0 Å². The van der Waals surface area contributed by atoms with Crippen LogP contribution >= 0.6 is 0 Å². The van der Waals surface area contributed by atoms with Crippen LogP contribution in [0.25, 0.3) is 5.57 Å². The van der Waals surface area contributed by atoms with E-state index in [1.165, 1.54) is 7.11 Å². The van der Waals surface area contributed by atoms with Crippen LogP contribution in [0.4, 0.5) is 0 Å². The van der Waals surface area contributed by atoms with Crippen LogP contribution in [0, 0.1) is 0 Å². The molecular weight excluding hydrogens is 280 g/mol. The van der Waals surface area contributed by atoms with Crippen molar-refractivity contribution in [1.29, 1.82) is 0 Å². The van der Waals surface area contributed by atoms with Crippen LogP contribution < -0.4 is 0 Å². The standard InChI is InChI=1S/C18H16O4/c1-22-15-14(12-8-4-2-5-9-12)16(19)18(21,17(15)20)13-10-6-3-7-11-13/h2-11,17,20-21H,1H3/t17-,18+/m0/s1. The Kier molecular flexibility index (Phi) is 3.56. The van der Waals surface area contributed by atoms with Crippen molar-refractivity contribution in [3.63, 3.8) is 0 Å². The van der Waals surface area contributed by atoms with Crippen molar-refractivity contribution in [2.45, 2.75) is 11.7 Å². The van der Waals surface area contributed by atoms with Crippen molar-refractivity contribution >= 4 is 11.4 Å². The summed E-state index contributed by atoms with van der Waals surface area (Å²) in [7, 11) is 1.38. The zero-order chi connectivity index (χ0) is 15.7. The van der Waals surface area contributed by atoms with Gasteiger partial charge in [-0.3, -0.25) is 4.79 Å². The number of methoxy groups -OCH3 is 1. The van der Waals surface area contributed by atoms with Crippen LogP contribution in [0.15, 0.2) is 66.4 Å². The van der Waals surface area contributed by atoms with Gasteiger partial charge in [-0.05, 0) is 11.1 Å². The second kappa shape index (κ2) is 5.40. The molecule has 0 bridgehead atoms. The number of ether oxygens (including phenoxy) is 1. The summed E-state index contributed by atoms with van der Waals surface area (Å²) in [5.74, 6) is -0.475. The van der Waals surface area contributed by atoms with Gasteiger partial charge in [0.05, 0.1) is 12.7 Å². The number of Topliss-reactive ketones (excluding diaryl/α,β-unsaturated/α-hetero) is 1. The molecule has 1 aliphatic carbocycles. The van der Waals surface area contributed by atoms with E-state index < -0.39 is 17.5 Å². The second-order valence-electron chi connectivity index (χ2n) is 5.17. The Labute approximate surface area is 128 Å². The normalized spacial score (nSPS) is 24.7. The topological polar surface area (TPSA) is 66.8 Å². The lowest BCUT2D eigenvalue weighted by Gasteiger charge is -2.26. The maximum absolute atomic E-state index is 12.9. The van der Waals surface area contributed by atoms with E-state index in [0.29, 0.717) is 11.1 Å². The van der Waals surface area contributed by atoms with Gasteiger partial charge in [-0.25, -0.2) is 0 Å². The molecule has 0 spiro atoms. The lowest BCUT2D eigenvalue weighted by molar-refractivity contribution is -0.141. The molecule has 2 N–H and O–H groups in total. The van der Waals surface area contributed by atoms with Gasteiger partial charge < -0.3 is 14.9 Å². The Morgan fingerprint density at radius 1 is 1.00 bits per heavy atom. The first kappa shape index (κ1) is 14.5. The fourth-order valence-corrected chi connectivity index (χ4v) is 2.83. The molecule has 2 atom stereocenters. The predicted molar refractivity (Wildman–Crippen MR) is 81.7 cm³/mol. The quantitative estimate of drug-likeness (QED) is 0.907. The Hall–Kier alpha value is -2.43. The van der Waals surface area contributed by atoms with Gasteiger partial charge in [0.25, 0.3) is 0 Å². The van der Waals surface area contributed by atoms with Gasteiger partial charge in [0.1, 0.15) is 5.76 Å². The summed E-state index contributed by atoms with van der Waals surface area (Å²) in [5, 5.41) is 21.4. The van der Waals surface area contributed by atoms with Gasteiger partial charge in [0.15, 0.2) is 11.7 Å². The fourth-order valence-electron chi connectivity index (χ4n) is 2.83. The highest BCUT2D eigenvalue weighted by molar-refractivity contribution is 6.28. The molecular formula is C18H16O4. The average Bonchev–Trinajstić information content (AvgIpc) is 2.78. The molecule has 22 heavy (non-hydrogen) atoms. The van der Waals surface area contributed by atoms with E-state index in [0.717, 1.165) is 0 Å². The van der Waals surface area contributed by atoms with Crippen LogP contribution in [0.3, 0.4) is 0 Å². The van der Waals surface area contributed by atoms with Crippen LogP contribution in [0.1, 0.15) is 11.1 Å². The number of aliphatic hydroxyl groups excluding tert-OH is 1. The van der Waals surface area contributed by atoms with E-state index in [2.05, 4.69) is 0 Å². The summed E-state index contributed by atoms with van der Waals surface area (Å²) >= 11 is 0. The molecule has 0 unspecified atom stereocenters. The molecule has 0 fully saturated rings. The van der Waals surface area contributed by atoms with E-state index in [-0.39, 0.29) is 11.3 Å². The molecule has 4 heteroatoms. The fraction of sp³-hybridized carbons (Fsp3) is 0.167. The van der Waals surface area contributed by atoms with E-state index in [1.807, 2.05) is 6.07 Å². The Morgan fingerprint density at radius 2 is 1.55 bits per heavy atom. The third kappa shape index (κ3) is 1.96. The lowest BCUT2D eigenvalue weighted by Crippen LogP contribution is -2.42. The monoisotopic (exact) mass is 296 g/mol. The zero-order valence-corrected chi connectivity index (χ0v) is 12.1. The van der Waals surface area contributed by atoms with Crippen LogP contribution in [0.5, 0.6) is 0 Å². The van der Waals surface area contributed by atoms with Crippen molar-refractivity contribution < 1.29 is 19.7 Å². The number of carbonyl (C=O) groups excluding carboxylic acids is 1. The molecule has 1 aliphatic rings. The van der Waals surface area contributed by atoms with Gasteiger partial charge >= 0.3 is 0 Å². The molecule has 0 aromatic heterocycles. The third-order valence-corrected chi connectivity index (χ3v) is 3.96. The van der Waals surface area contributed by atoms with Crippen molar-refractivity contribution in [2.75, 3.05) is 7.11 Å². The lowest BCUT2D eigenvalue weighted by atomic mass is 9.86. The van der Waals surface area contributed by atoms with Crippen molar-refractivity contribution in [3.05, 3.63) is 77.5 Å². The first-order valence-electron chi connectivity index (χ1n) is 6.95. The summed E-state index contributed by atoms with van der Waals surface area (Å²) in [6.45, 7) is 0. The average molecular weight is 296 g/mol. The van der Waals surface area contributed by atoms with Crippen LogP contribution in [-0.2, 0) is 15.1 Å². The summed E-state index contributed by atoms with van der Waals surface area (Å²) in [5.41, 5.74) is -0.872. The van der Waals surface area contributed by atoms with E-state index in [1.54, 1.807) is 54.6 Å². The van der Waals surface area contributed by atoms with Gasteiger partial charge in [0.2, 0.25) is 5.78 Å². The minimum Gasteiger partial charge on any atom is -0.497 e. The van der Waals surface area contributed by atoms with Gasteiger partial charge in [-0.15, -0.1) is 0 Å². The Morgan fingerprint density at radius 3 is 2.09 bits per heavy atom. The first-order valence-corrected chi connectivity index (χ1v) is 6.95. The summed E-state index contributed by atoms with van der Waals surface area (Å²) in [6, 6.07) is 17.3. The summed E-state index contributed by atoms with van der Waals surface area (Å²) in [6.07, 6.45) is -1.44. The number of benzene rings is 2. The zero-order valence-electron chi connectivity index (χ0n) is 12.1. The third-order valence-electron chi connectivity index (χ3n) is 3.96.